The fourth-order valence-corrected chi connectivity index (χ4v) is 3.66. The lowest BCUT2D eigenvalue weighted by Gasteiger charge is -1.95. The zero-order valence-electron chi connectivity index (χ0n) is 10.7. The molecule has 0 aliphatic rings. The van der Waals surface area contributed by atoms with E-state index in [4.69, 9.17) is 0 Å². The number of rotatable bonds is 2. The van der Waals surface area contributed by atoms with Crippen LogP contribution in [0.25, 0.3) is 16.0 Å². The predicted molar refractivity (Wildman–Crippen MR) is 86.9 cm³/mol. The van der Waals surface area contributed by atoms with Gasteiger partial charge in [-0.15, -0.1) is 11.3 Å². The lowest BCUT2D eigenvalue weighted by molar-refractivity contribution is 1.24. The van der Waals surface area contributed by atoms with Crippen LogP contribution in [0.2, 0.25) is 0 Å². The van der Waals surface area contributed by atoms with Crippen molar-refractivity contribution in [3.8, 4) is 6.07 Å². The van der Waals surface area contributed by atoms with Gasteiger partial charge in [0.2, 0.25) is 0 Å². The highest BCUT2D eigenvalue weighted by molar-refractivity contribution is 7.18. The molecule has 21 heavy (non-hydrogen) atoms. The smallest absolute Gasteiger partial charge is 0.197 e. The summed E-state index contributed by atoms with van der Waals surface area (Å²) in [6.45, 7) is 0. The zero-order valence-corrected chi connectivity index (χ0v) is 12.4. The summed E-state index contributed by atoms with van der Waals surface area (Å²) in [6.07, 6.45) is 1.79. The molecule has 3 aromatic heterocycles. The van der Waals surface area contributed by atoms with Crippen LogP contribution in [0.1, 0.15) is 9.75 Å². The van der Waals surface area contributed by atoms with Crippen LogP contribution in [-0.4, -0.2) is 15.6 Å². The lowest BCUT2D eigenvalue weighted by Crippen LogP contribution is -1.82. The van der Waals surface area contributed by atoms with Crippen LogP contribution < -0.4 is 0 Å². The van der Waals surface area contributed by atoms with Gasteiger partial charge in [-0.05, 0) is 23.6 Å². The van der Waals surface area contributed by atoms with Crippen LogP contribution in [0, 0.1) is 11.3 Å². The second kappa shape index (κ2) is 4.81. The van der Waals surface area contributed by atoms with E-state index in [2.05, 4.69) is 16.0 Å². The molecule has 0 radical (unpaired) electrons. The predicted octanol–water partition coefficient (Wildman–Crippen LogP) is 4.23. The van der Waals surface area contributed by atoms with Crippen molar-refractivity contribution in [1.29, 1.82) is 5.26 Å². The molecule has 0 N–H and O–H groups in total. The van der Waals surface area contributed by atoms with Gasteiger partial charge in [0.05, 0.1) is 11.0 Å². The molecule has 0 fully saturated rings. The van der Waals surface area contributed by atoms with Gasteiger partial charge in [0.15, 0.2) is 15.7 Å². The van der Waals surface area contributed by atoms with Crippen LogP contribution in [0.5, 0.6) is 0 Å². The molecule has 0 spiro atoms. The largest absolute Gasteiger partial charge is 0.266 e. The van der Waals surface area contributed by atoms with Gasteiger partial charge in [0.1, 0.15) is 6.07 Å². The molecule has 0 aliphatic heterocycles. The van der Waals surface area contributed by atoms with Crippen molar-refractivity contribution in [2.45, 2.75) is 0 Å². The molecule has 4 nitrogen and oxygen atoms in total. The number of thiazole rings is 1. The Labute approximate surface area is 128 Å². The quantitative estimate of drug-likeness (QED) is 0.520. The van der Waals surface area contributed by atoms with Gasteiger partial charge < -0.3 is 0 Å². The molecule has 0 saturated carbocycles. The number of aromatic nitrogens is 2. The SMILES string of the molecule is N#Cc1sc2nc3ccccc3n2c1N=Cc1cccs1. The Hall–Kier alpha value is -2.49. The Balaban J connectivity index is 1.99. The number of aliphatic imine (C=N–C) groups is 1. The average molecular weight is 308 g/mol. The maximum absolute atomic E-state index is 9.32. The Bertz CT molecular complexity index is 1000. The van der Waals surface area contributed by atoms with Gasteiger partial charge in [-0.2, -0.15) is 5.26 Å². The molecule has 0 bridgehead atoms. The standard InChI is InChI=1S/C15H8N4S2/c16-8-13-14(17-9-10-4-3-7-20-10)19-12-6-2-1-5-11(12)18-15(19)21-13/h1-7,9H. The number of imidazole rings is 1. The summed E-state index contributed by atoms with van der Waals surface area (Å²) in [5.41, 5.74) is 1.89. The topological polar surface area (TPSA) is 53.5 Å². The number of fused-ring (bicyclic) bond motifs is 3. The van der Waals surface area contributed by atoms with Crippen LogP contribution in [0.4, 0.5) is 5.82 Å². The highest BCUT2D eigenvalue weighted by Gasteiger charge is 2.15. The Morgan fingerprint density at radius 2 is 2.14 bits per heavy atom. The number of hydrogen-bond donors (Lipinski definition) is 0. The summed E-state index contributed by atoms with van der Waals surface area (Å²) in [4.78, 5) is 11.5. The Morgan fingerprint density at radius 1 is 1.24 bits per heavy atom. The van der Waals surface area contributed by atoms with Gasteiger partial charge in [-0.25, -0.2) is 9.98 Å². The minimum absolute atomic E-state index is 0.580. The Kier molecular flexibility index (Phi) is 2.81. The maximum Gasteiger partial charge on any atom is 0.197 e. The summed E-state index contributed by atoms with van der Waals surface area (Å²) >= 11 is 2.98. The number of nitrogens with zero attached hydrogens (tertiary/aromatic N) is 4. The van der Waals surface area contributed by atoms with E-state index >= 15 is 0 Å². The molecule has 0 amide bonds. The second-order valence-electron chi connectivity index (χ2n) is 4.36. The van der Waals surface area contributed by atoms with Gasteiger partial charge in [0, 0.05) is 11.1 Å². The monoisotopic (exact) mass is 308 g/mol. The third-order valence-corrected chi connectivity index (χ3v) is 4.84. The third kappa shape index (κ3) is 1.95. The molecule has 4 rings (SSSR count). The first-order chi connectivity index (χ1) is 10.4. The van der Waals surface area contributed by atoms with Crippen LogP contribution in [0.15, 0.2) is 46.8 Å². The molecule has 0 atom stereocenters. The van der Waals surface area contributed by atoms with Crippen molar-refractivity contribution in [2.24, 2.45) is 4.99 Å². The van der Waals surface area contributed by atoms with Crippen molar-refractivity contribution in [2.75, 3.05) is 0 Å². The second-order valence-corrected chi connectivity index (χ2v) is 6.32. The molecule has 0 saturated heterocycles. The first kappa shape index (κ1) is 12.3. The van der Waals surface area contributed by atoms with E-state index in [1.54, 1.807) is 17.6 Å². The fourth-order valence-electron chi connectivity index (χ4n) is 2.19. The number of nitriles is 1. The Morgan fingerprint density at radius 3 is 2.95 bits per heavy atom. The van der Waals surface area contributed by atoms with Gasteiger partial charge in [-0.1, -0.05) is 29.5 Å². The minimum Gasteiger partial charge on any atom is -0.266 e. The molecule has 3 heterocycles. The van der Waals surface area contributed by atoms with Crippen LogP contribution in [0.3, 0.4) is 0 Å². The maximum atomic E-state index is 9.32. The van der Waals surface area contributed by atoms with Gasteiger partial charge >= 0.3 is 0 Å². The molecule has 1 aromatic carbocycles. The van der Waals surface area contributed by atoms with Crippen molar-refractivity contribution >= 4 is 50.7 Å². The lowest BCUT2D eigenvalue weighted by atomic mass is 10.3. The molecular formula is C15H8N4S2. The molecule has 6 heteroatoms. The number of benzene rings is 1. The third-order valence-electron chi connectivity index (χ3n) is 3.10. The van der Waals surface area contributed by atoms with Crippen molar-refractivity contribution in [3.05, 3.63) is 51.5 Å². The number of hydrogen-bond acceptors (Lipinski definition) is 5. The van der Waals surface area contributed by atoms with E-state index in [-0.39, 0.29) is 0 Å². The average Bonchev–Trinajstić information content (AvgIpc) is 3.20. The molecular weight excluding hydrogens is 300 g/mol. The van der Waals surface area contributed by atoms with Crippen LogP contribution >= 0.6 is 22.7 Å². The minimum atomic E-state index is 0.580. The van der Waals surface area contributed by atoms with Crippen molar-refractivity contribution in [1.82, 2.24) is 9.38 Å². The van der Waals surface area contributed by atoms with E-state index in [0.29, 0.717) is 10.7 Å². The highest BCUT2D eigenvalue weighted by Crippen LogP contribution is 2.33. The molecule has 0 aliphatic carbocycles. The first-order valence-electron chi connectivity index (χ1n) is 6.24. The first-order valence-corrected chi connectivity index (χ1v) is 7.94. The van der Waals surface area contributed by atoms with E-state index in [1.807, 2.05) is 46.2 Å². The summed E-state index contributed by atoms with van der Waals surface area (Å²) in [6, 6.07) is 14.1. The van der Waals surface area contributed by atoms with Gasteiger partial charge in [0.25, 0.3) is 0 Å². The number of para-hydroxylation sites is 2. The normalized spacial score (nSPS) is 11.6. The summed E-state index contributed by atoms with van der Waals surface area (Å²) < 4.78 is 1.95. The van der Waals surface area contributed by atoms with Crippen molar-refractivity contribution < 1.29 is 0 Å². The van der Waals surface area contributed by atoms with E-state index in [1.165, 1.54) is 11.3 Å². The van der Waals surface area contributed by atoms with Gasteiger partial charge in [-0.3, -0.25) is 4.40 Å². The number of thiophene rings is 1. The van der Waals surface area contributed by atoms with E-state index < -0.39 is 0 Å². The molecule has 0 unspecified atom stereocenters. The highest BCUT2D eigenvalue weighted by atomic mass is 32.1. The zero-order chi connectivity index (χ0) is 14.2. The summed E-state index contributed by atoms with van der Waals surface area (Å²) in [5.74, 6) is 0.652. The summed E-state index contributed by atoms with van der Waals surface area (Å²) in [5, 5.41) is 11.3. The van der Waals surface area contributed by atoms with E-state index in [0.717, 1.165) is 20.9 Å². The summed E-state index contributed by atoms with van der Waals surface area (Å²) in [7, 11) is 0. The van der Waals surface area contributed by atoms with Crippen LogP contribution in [-0.2, 0) is 0 Å². The fraction of sp³-hybridized carbons (Fsp3) is 0. The van der Waals surface area contributed by atoms with Crippen molar-refractivity contribution in [3.63, 3.8) is 0 Å². The van der Waals surface area contributed by atoms with E-state index in [9.17, 15) is 5.26 Å². The molecule has 100 valence electrons. The molecule has 4 aromatic rings.